The van der Waals surface area contributed by atoms with Crippen LogP contribution in [-0.2, 0) is 47.7 Å². The summed E-state index contributed by atoms with van der Waals surface area (Å²) in [4.78, 5) is 79.6. The molecule has 1 saturated heterocycles. The lowest BCUT2D eigenvalue weighted by atomic mass is 9.94. The van der Waals surface area contributed by atoms with Gasteiger partial charge in [0.15, 0.2) is 5.78 Å². The summed E-state index contributed by atoms with van der Waals surface area (Å²) in [5.41, 5.74) is 4.11. The average molecular weight is 740 g/mol. The fourth-order valence-electron chi connectivity index (χ4n) is 5.98. The van der Waals surface area contributed by atoms with Crippen LogP contribution in [0.4, 0.5) is 10.5 Å². The first-order valence-electron chi connectivity index (χ1n) is 17.9. The molecule has 2 aromatic rings. The number of hydrogen-bond acceptors (Lipinski definition) is 12. The van der Waals surface area contributed by atoms with E-state index in [0.717, 1.165) is 35.1 Å². The smallest absolute Gasteiger partial charge is 0.432 e. The minimum absolute atomic E-state index is 0.0562. The maximum atomic E-state index is 13.2. The molecule has 4 amide bonds. The molecular weight excluding hydrogens is 690 g/mol. The highest BCUT2D eigenvalue weighted by Crippen LogP contribution is 2.46. The lowest BCUT2D eigenvalue weighted by Crippen LogP contribution is -2.32. The van der Waals surface area contributed by atoms with Crippen molar-refractivity contribution in [2.45, 2.75) is 63.7 Å². The van der Waals surface area contributed by atoms with Crippen molar-refractivity contribution in [3.63, 3.8) is 0 Å². The molecule has 2 N–H and O–H groups in total. The second-order valence-electron chi connectivity index (χ2n) is 12.6. The molecular formula is C38H49N3O12. The van der Waals surface area contributed by atoms with Gasteiger partial charge in [-0.15, -0.1) is 0 Å². The molecule has 1 aliphatic heterocycles. The van der Waals surface area contributed by atoms with Gasteiger partial charge in [-0.3, -0.25) is 28.8 Å². The van der Waals surface area contributed by atoms with E-state index in [2.05, 4.69) is 10.6 Å². The fourth-order valence-corrected chi connectivity index (χ4v) is 5.98. The van der Waals surface area contributed by atoms with Gasteiger partial charge in [-0.25, -0.2) is 4.79 Å². The standard InChI is InChI=1S/C38H49N3O12/c1-48-17-5-20-50-19-4-7-33(42)26-10-12-28-29-13-11-27(40-35(44)9-3-8-34(43)39-16-22-51-21-6-18-49-2)24-31(29)32(30(28)23-26)25-52-38(47)53-41-36(45)14-15-37(41)46/h10-13,23-24,32H,3-9,14-22,25H2,1-2H3,(H,39,43)(H,40,44). The molecule has 1 fully saturated rings. The molecule has 1 atom stereocenters. The number of fused-ring (bicyclic) bond motifs is 3. The van der Waals surface area contributed by atoms with E-state index >= 15 is 0 Å². The Balaban J connectivity index is 1.37. The van der Waals surface area contributed by atoms with Crippen LogP contribution >= 0.6 is 0 Å². The molecule has 4 rings (SSSR count). The number of amides is 4. The van der Waals surface area contributed by atoms with Crippen LogP contribution < -0.4 is 10.6 Å². The lowest BCUT2D eigenvalue weighted by Gasteiger charge is -2.17. The Kier molecular flexibility index (Phi) is 16.8. The molecule has 15 heteroatoms. The van der Waals surface area contributed by atoms with Crippen LogP contribution in [0.5, 0.6) is 0 Å². The molecule has 1 aliphatic carbocycles. The average Bonchev–Trinajstić information content (AvgIpc) is 3.63. The van der Waals surface area contributed by atoms with Gasteiger partial charge in [0.25, 0.3) is 11.8 Å². The van der Waals surface area contributed by atoms with Crippen LogP contribution in [0.2, 0.25) is 0 Å². The van der Waals surface area contributed by atoms with E-state index < -0.39 is 23.9 Å². The molecule has 1 heterocycles. The van der Waals surface area contributed by atoms with Crippen LogP contribution in [0.25, 0.3) is 11.1 Å². The van der Waals surface area contributed by atoms with Gasteiger partial charge in [-0.2, -0.15) is 0 Å². The topological polar surface area (TPSA) is 185 Å². The Hall–Kier alpha value is -4.70. The Morgan fingerprint density at radius 1 is 0.717 bits per heavy atom. The molecule has 1 unspecified atom stereocenters. The zero-order chi connectivity index (χ0) is 38.0. The predicted molar refractivity (Wildman–Crippen MR) is 191 cm³/mol. The van der Waals surface area contributed by atoms with E-state index in [9.17, 15) is 28.8 Å². The number of imide groups is 1. The number of Topliss-reactive ketones (excluding diaryl/α,β-unsaturated/α-hetero) is 1. The van der Waals surface area contributed by atoms with Gasteiger partial charge in [0.1, 0.15) is 6.61 Å². The van der Waals surface area contributed by atoms with E-state index in [4.69, 9.17) is 28.5 Å². The Morgan fingerprint density at radius 2 is 1.34 bits per heavy atom. The van der Waals surface area contributed by atoms with Gasteiger partial charge < -0.3 is 34.3 Å². The summed E-state index contributed by atoms with van der Waals surface area (Å²) in [5.74, 6) is -2.33. The molecule has 2 aliphatic rings. The number of benzene rings is 2. The van der Waals surface area contributed by atoms with Crippen molar-refractivity contribution in [1.29, 1.82) is 0 Å². The Bertz CT molecular complexity index is 1580. The molecule has 0 aromatic heterocycles. The summed E-state index contributed by atoms with van der Waals surface area (Å²) in [5, 5.41) is 6.07. The summed E-state index contributed by atoms with van der Waals surface area (Å²) in [6, 6.07) is 10.8. The van der Waals surface area contributed by atoms with E-state index in [1.54, 1.807) is 38.5 Å². The fraction of sp³-hybridized carbons (Fsp3) is 0.526. The first-order chi connectivity index (χ1) is 25.7. The summed E-state index contributed by atoms with van der Waals surface area (Å²) in [6.07, 6.45) is 1.70. The lowest BCUT2D eigenvalue weighted by molar-refractivity contribution is -0.177. The monoisotopic (exact) mass is 739 g/mol. The van der Waals surface area contributed by atoms with Gasteiger partial charge in [0, 0.05) is 103 Å². The number of methoxy groups -OCH3 is 2. The van der Waals surface area contributed by atoms with Crippen molar-refractivity contribution in [2.75, 3.05) is 72.3 Å². The van der Waals surface area contributed by atoms with Crippen LogP contribution in [0.3, 0.4) is 0 Å². The second-order valence-corrected chi connectivity index (χ2v) is 12.6. The Labute approximate surface area is 308 Å². The zero-order valence-electron chi connectivity index (χ0n) is 30.4. The number of hydroxylamine groups is 2. The van der Waals surface area contributed by atoms with E-state index in [1.165, 1.54) is 0 Å². The highest BCUT2D eigenvalue weighted by Gasteiger charge is 2.35. The third-order valence-electron chi connectivity index (χ3n) is 8.63. The molecule has 0 bridgehead atoms. The normalized spacial score (nSPS) is 14.5. The predicted octanol–water partition coefficient (Wildman–Crippen LogP) is 4.31. The quantitative estimate of drug-likeness (QED) is 0.0674. The highest BCUT2D eigenvalue weighted by molar-refractivity contribution is 6.01. The van der Waals surface area contributed by atoms with Crippen molar-refractivity contribution < 1.29 is 57.3 Å². The largest absolute Gasteiger partial charge is 0.533 e. The van der Waals surface area contributed by atoms with E-state index in [1.807, 2.05) is 12.1 Å². The first kappa shape index (κ1) is 41.1. The minimum atomic E-state index is -1.22. The first-order valence-corrected chi connectivity index (χ1v) is 17.9. The summed E-state index contributed by atoms with van der Waals surface area (Å²) in [7, 11) is 3.26. The number of ether oxygens (including phenoxy) is 5. The summed E-state index contributed by atoms with van der Waals surface area (Å²) < 4.78 is 26.4. The molecule has 15 nitrogen and oxygen atoms in total. The molecule has 288 valence electrons. The number of rotatable bonds is 24. The minimum Gasteiger partial charge on any atom is -0.432 e. The van der Waals surface area contributed by atoms with Crippen LogP contribution in [-0.4, -0.2) is 108 Å². The van der Waals surface area contributed by atoms with Crippen LogP contribution in [0.1, 0.15) is 85.2 Å². The van der Waals surface area contributed by atoms with Crippen molar-refractivity contribution in [2.24, 2.45) is 0 Å². The van der Waals surface area contributed by atoms with Crippen molar-refractivity contribution in [1.82, 2.24) is 10.4 Å². The third-order valence-corrected chi connectivity index (χ3v) is 8.63. The number of nitrogens with zero attached hydrogens (tertiary/aromatic N) is 1. The third kappa shape index (κ3) is 12.7. The van der Waals surface area contributed by atoms with Crippen LogP contribution in [0.15, 0.2) is 36.4 Å². The van der Waals surface area contributed by atoms with Crippen LogP contribution in [0, 0.1) is 0 Å². The number of carbonyl (C=O) groups excluding carboxylic acids is 6. The zero-order valence-corrected chi connectivity index (χ0v) is 30.4. The second kappa shape index (κ2) is 21.7. The molecule has 0 radical (unpaired) electrons. The molecule has 53 heavy (non-hydrogen) atoms. The van der Waals surface area contributed by atoms with E-state index in [0.29, 0.717) is 75.3 Å². The molecule has 0 spiro atoms. The van der Waals surface area contributed by atoms with Crippen molar-refractivity contribution in [3.05, 3.63) is 53.1 Å². The Morgan fingerprint density at radius 3 is 2.04 bits per heavy atom. The molecule has 0 saturated carbocycles. The van der Waals surface area contributed by atoms with Crippen molar-refractivity contribution in [3.8, 4) is 11.1 Å². The maximum Gasteiger partial charge on any atom is 0.533 e. The number of hydrogen-bond donors (Lipinski definition) is 2. The summed E-state index contributed by atoms with van der Waals surface area (Å²) in [6.45, 7) is 3.31. The highest BCUT2D eigenvalue weighted by atomic mass is 16.8. The van der Waals surface area contributed by atoms with Gasteiger partial charge >= 0.3 is 6.16 Å². The van der Waals surface area contributed by atoms with E-state index in [-0.39, 0.29) is 56.3 Å². The van der Waals surface area contributed by atoms with Gasteiger partial charge in [0.05, 0.1) is 6.61 Å². The molecule has 2 aromatic carbocycles. The number of anilines is 1. The number of carbonyl (C=O) groups is 6. The number of ketones is 1. The van der Waals surface area contributed by atoms with Crippen molar-refractivity contribution >= 4 is 41.3 Å². The number of nitrogens with one attached hydrogen (secondary N) is 2. The van der Waals surface area contributed by atoms with Gasteiger partial charge in [-0.1, -0.05) is 23.3 Å². The van der Waals surface area contributed by atoms with Gasteiger partial charge in [0.2, 0.25) is 11.8 Å². The van der Waals surface area contributed by atoms with Gasteiger partial charge in [-0.05, 0) is 66.1 Å². The maximum absolute atomic E-state index is 13.2. The summed E-state index contributed by atoms with van der Waals surface area (Å²) >= 11 is 0. The SMILES string of the molecule is COCCCOCCCC(=O)c1ccc2c(c1)C(COC(=O)ON1C(=O)CCC1=O)c1cc(NC(=O)CCCC(=O)NCCOCCCOC)ccc1-2.